The number of unbranched alkanes of at least 4 members (excludes halogenated alkanes) is 1. The summed E-state index contributed by atoms with van der Waals surface area (Å²) in [6.07, 6.45) is 2.30. The first-order valence-corrected chi connectivity index (χ1v) is 10.5. The predicted octanol–water partition coefficient (Wildman–Crippen LogP) is 3.35. The van der Waals surface area contributed by atoms with Gasteiger partial charge in [-0.05, 0) is 25.2 Å². The van der Waals surface area contributed by atoms with Crippen LogP contribution in [0.1, 0.15) is 45.9 Å². The van der Waals surface area contributed by atoms with E-state index in [1.54, 1.807) is 14.2 Å². The van der Waals surface area contributed by atoms with E-state index in [9.17, 15) is 4.79 Å². The van der Waals surface area contributed by atoms with Crippen molar-refractivity contribution in [1.82, 2.24) is 24.9 Å². The lowest BCUT2D eigenvalue weighted by Gasteiger charge is -2.17. The Balaban J connectivity index is 1.69. The first kappa shape index (κ1) is 22.6. The third-order valence-corrected chi connectivity index (χ3v) is 4.90. The fourth-order valence-electron chi connectivity index (χ4n) is 3.45. The van der Waals surface area contributed by atoms with E-state index in [1.807, 2.05) is 23.5 Å². The largest absolute Gasteiger partial charge is 0.493 e. The Hall–Kier alpha value is -3.10. The highest BCUT2D eigenvalue weighted by molar-refractivity contribution is 5.85. The molecule has 2 aromatic heterocycles. The van der Waals surface area contributed by atoms with Gasteiger partial charge in [-0.2, -0.15) is 0 Å². The number of nitrogens with zero attached hydrogens (tertiary/aromatic N) is 4. The summed E-state index contributed by atoms with van der Waals surface area (Å²) in [6.45, 7) is 9.46. The van der Waals surface area contributed by atoms with Crippen LogP contribution in [0.15, 0.2) is 12.1 Å². The third kappa shape index (κ3) is 5.34. The lowest BCUT2D eigenvalue weighted by Crippen LogP contribution is -2.28. The summed E-state index contributed by atoms with van der Waals surface area (Å²) in [7, 11) is 3.21. The van der Waals surface area contributed by atoms with E-state index >= 15 is 0 Å². The van der Waals surface area contributed by atoms with Gasteiger partial charge in [0.05, 0.1) is 25.3 Å². The normalized spacial score (nSPS) is 11.7. The molecule has 3 rings (SSSR count). The lowest BCUT2D eigenvalue weighted by molar-refractivity contribution is -0.122. The van der Waals surface area contributed by atoms with Crippen LogP contribution in [0, 0.1) is 12.3 Å². The smallest absolute Gasteiger partial charge is 0.220 e. The number of rotatable bonds is 9. The number of aromatic nitrogens is 4. The van der Waals surface area contributed by atoms with Crippen LogP contribution in [0.5, 0.6) is 11.5 Å². The zero-order valence-corrected chi connectivity index (χ0v) is 19.2. The Morgan fingerprint density at radius 3 is 2.42 bits per heavy atom. The second kappa shape index (κ2) is 9.36. The molecule has 0 saturated carbocycles. The molecule has 1 aromatic carbocycles. The molecule has 0 aliphatic rings. The maximum atomic E-state index is 11.9. The number of methoxy groups -OCH3 is 2. The van der Waals surface area contributed by atoms with E-state index < -0.39 is 0 Å². The van der Waals surface area contributed by atoms with Crippen molar-refractivity contribution < 1.29 is 14.3 Å². The van der Waals surface area contributed by atoms with Crippen LogP contribution >= 0.6 is 0 Å². The average Bonchev–Trinajstić information content (AvgIpc) is 3.10. The number of ether oxygens (including phenoxy) is 2. The lowest BCUT2D eigenvalue weighted by atomic mass is 9.92. The number of hydrogen-bond acceptors (Lipinski definition) is 7. The van der Waals surface area contributed by atoms with Crippen LogP contribution < -0.4 is 20.1 Å². The molecule has 31 heavy (non-hydrogen) atoms. The molecule has 1 amide bonds. The maximum Gasteiger partial charge on any atom is 0.220 e. The number of nitrogens with one attached hydrogen (secondary N) is 2. The molecule has 0 radical (unpaired) electrons. The topological polar surface area (TPSA) is 103 Å². The van der Waals surface area contributed by atoms with Crippen LogP contribution in [-0.2, 0) is 4.79 Å². The number of carbonyl (C=O) groups excluding carboxylic acids is 1. The van der Waals surface area contributed by atoms with Crippen molar-refractivity contribution in [3.05, 3.63) is 18.0 Å². The number of hydrogen-bond donors (Lipinski definition) is 2. The molecule has 0 aliphatic heterocycles. The van der Waals surface area contributed by atoms with Crippen molar-refractivity contribution in [1.29, 1.82) is 0 Å². The third-order valence-electron chi connectivity index (χ3n) is 4.90. The van der Waals surface area contributed by atoms with E-state index in [2.05, 4.69) is 41.6 Å². The van der Waals surface area contributed by atoms with Gasteiger partial charge in [-0.3, -0.25) is 9.20 Å². The summed E-state index contributed by atoms with van der Waals surface area (Å²) < 4.78 is 12.8. The number of carbonyl (C=O) groups is 1. The van der Waals surface area contributed by atoms with Gasteiger partial charge < -0.3 is 20.1 Å². The summed E-state index contributed by atoms with van der Waals surface area (Å²) in [4.78, 5) is 16.7. The summed E-state index contributed by atoms with van der Waals surface area (Å²) in [6, 6.07) is 3.73. The molecule has 0 atom stereocenters. The fraction of sp³-hybridized carbons (Fsp3) is 0.545. The second-order valence-electron chi connectivity index (χ2n) is 8.78. The number of fused-ring (bicyclic) bond motifs is 3. The average molecular weight is 429 g/mol. The monoisotopic (exact) mass is 428 g/mol. The number of anilines is 1. The van der Waals surface area contributed by atoms with E-state index in [-0.39, 0.29) is 11.3 Å². The molecule has 0 spiro atoms. The Kier molecular flexibility index (Phi) is 6.82. The minimum Gasteiger partial charge on any atom is -0.493 e. The Morgan fingerprint density at radius 2 is 1.74 bits per heavy atom. The molecular formula is C22H32N6O3. The van der Waals surface area contributed by atoms with Crippen LogP contribution in [0.25, 0.3) is 16.7 Å². The summed E-state index contributed by atoms with van der Waals surface area (Å²) >= 11 is 0. The van der Waals surface area contributed by atoms with Gasteiger partial charge in [-0.1, -0.05) is 20.8 Å². The highest BCUT2D eigenvalue weighted by Gasteiger charge is 2.17. The van der Waals surface area contributed by atoms with Crippen molar-refractivity contribution in [3.8, 4) is 11.5 Å². The van der Waals surface area contributed by atoms with E-state index in [1.165, 1.54) is 0 Å². The van der Waals surface area contributed by atoms with Gasteiger partial charge in [0.25, 0.3) is 0 Å². The molecule has 3 aromatic rings. The molecule has 168 valence electrons. The van der Waals surface area contributed by atoms with Crippen LogP contribution in [0.4, 0.5) is 5.82 Å². The minimum absolute atomic E-state index is 0.00182. The van der Waals surface area contributed by atoms with Crippen LogP contribution in [0.3, 0.4) is 0 Å². The molecule has 0 unspecified atom stereocenters. The van der Waals surface area contributed by atoms with E-state index in [4.69, 9.17) is 14.5 Å². The van der Waals surface area contributed by atoms with E-state index in [0.717, 1.165) is 29.7 Å². The highest BCUT2D eigenvalue weighted by Crippen LogP contribution is 2.33. The van der Waals surface area contributed by atoms with Gasteiger partial charge in [-0.25, -0.2) is 4.98 Å². The molecule has 0 saturated heterocycles. The molecule has 9 heteroatoms. The summed E-state index contributed by atoms with van der Waals surface area (Å²) in [5.41, 5.74) is 2.27. The van der Waals surface area contributed by atoms with Gasteiger partial charge in [0.2, 0.25) is 11.6 Å². The van der Waals surface area contributed by atoms with Crippen molar-refractivity contribution in [2.75, 3.05) is 32.6 Å². The van der Waals surface area contributed by atoms with Crippen molar-refractivity contribution in [2.24, 2.45) is 5.41 Å². The maximum absolute atomic E-state index is 11.9. The molecule has 9 nitrogen and oxygen atoms in total. The van der Waals surface area contributed by atoms with Crippen molar-refractivity contribution in [3.63, 3.8) is 0 Å². The second-order valence-corrected chi connectivity index (χ2v) is 8.78. The zero-order valence-electron chi connectivity index (χ0n) is 19.2. The first-order valence-electron chi connectivity index (χ1n) is 10.5. The SMILES string of the molecule is COc1cc2nc(NCCCCNC(=O)CC(C)(C)C)c3nnc(C)n3c2cc1OC. The number of benzene rings is 1. The Labute approximate surface area is 182 Å². The van der Waals surface area contributed by atoms with Crippen molar-refractivity contribution >= 4 is 28.4 Å². The molecule has 0 aliphatic carbocycles. The van der Waals surface area contributed by atoms with Gasteiger partial charge in [0, 0.05) is 31.6 Å². The number of aryl methyl sites for hydroxylation is 1. The first-order chi connectivity index (χ1) is 14.7. The zero-order chi connectivity index (χ0) is 22.6. The molecular weight excluding hydrogens is 396 g/mol. The molecule has 2 N–H and O–H groups in total. The quantitative estimate of drug-likeness (QED) is 0.504. The summed E-state index contributed by atoms with van der Waals surface area (Å²) in [5, 5.41) is 14.9. The molecule has 0 fully saturated rings. The van der Waals surface area contributed by atoms with Crippen molar-refractivity contribution in [2.45, 2.75) is 47.0 Å². The number of amides is 1. The fourth-order valence-corrected chi connectivity index (χ4v) is 3.45. The van der Waals surface area contributed by atoms with Gasteiger partial charge in [-0.15, -0.1) is 10.2 Å². The molecule has 2 heterocycles. The van der Waals surface area contributed by atoms with Gasteiger partial charge in [0.1, 0.15) is 5.82 Å². The highest BCUT2D eigenvalue weighted by atomic mass is 16.5. The van der Waals surface area contributed by atoms with Crippen LogP contribution in [-0.4, -0.2) is 52.8 Å². The Morgan fingerprint density at radius 1 is 1.06 bits per heavy atom. The van der Waals surface area contributed by atoms with Gasteiger partial charge >= 0.3 is 0 Å². The standard InChI is InChI=1S/C22H32N6O3/c1-14-26-27-21-20(24-10-8-7-9-23-19(29)13-22(2,3)4)25-15-11-17(30-5)18(31-6)12-16(15)28(14)21/h11-12H,7-10,13H2,1-6H3,(H,23,29)(H,24,25). The Bertz CT molecular complexity index is 1070. The van der Waals surface area contributed by atoms with Gasteiger partial charge in [0.15, 0.2) is 17.3 Å². The van der Waals surface area contributed by atoms with E-state index in [0.29, 0.717) is 42.5 Å². The van der Waals surface area contributed by atoms with Crippen LogP contribution in [0.2, 0.25) is 0 Å². The molecule has 0 bridgehead atoms. The predicted molar refractivity (Wildman–Crippen MR) is 121 cm³/mol. The minimum atomic E-state index is 0.00182. The summed E-state index contributed by atoms with van der Waals surface area (Å²) in [5.74, 6) is 2.77.